The number of nitrogens with one attached hydrogen (secondary N) is 3. The van der Waals surface area contributed by atoms with Gasteiger partial charge in [0.25, 0.3) is 0 Å². The van der Waals surface area contributed by atoms with Crippen molar-refractivity contribution in [3.63, 3.8) is 0 Å². The standard InChI is InChI=1S/C30H27N7OS/c1-17-7-10-26(39-17)21-11-12-32-29-22(21)14-25(35-29)28-27-24(36-37-28)9-8-23(34-27)19-13-20(16-31-15-19)33-30(38)18-5-3-2-4-6-18/h7-16,18H,2-6H2,1H3,(H,32,35)(H,33,38)(H,36,37). The Bertz CT molecular complexity index is 1830. The minimum absolute atomic E-state index is 0.0821. The lowest BCUT2D eigenvalue weighted by Gasteiger charge is -2.20. The summed E-state index contributed by atoms with van der Waals surface area (Å²) in [6.07, 6.45) is 10.7. The van der Waals surface area contributed by atoms with Crippen molar-refractivity contribution in [1.82, 2.24) is 30.1 Å². The normalized spacial score (nSPS) is 14.3. The Labute approximate surface area is 228 Å². The van der Waals surface area contributed by atoms with Crippen LogP contribution in [0.3, 0.4) is 0 Å². The van der Waals surface area contributed by atoms with E-state index in [0.29, 0.717) is 5.69 Å². The molecule has 0 unspecified atom stereocenters. The van der Waals surface area contributed by atoms with E-state index in [4.69, 9.17) is 4.98 Å². The maximum Gasteiger partial charge on any atom is 0.227 e. The lowest BCUT2D eigenvalue weighted by atomic mass is 9.88. The number of carbonyl (C=O) groups excluding carboxylic acids is 1. The first-order valence-electron chi connectivity index (χ1n) is 13.3. The molecule has 39 heavy (non-hydrogen) atoms. The molecule has 1 fully saturated rings. The molecule has 3 N–H and O–H groups in total. The number of amides is 1. The van der Waals surface area contributed by atoms with Gasteiger partial charge >= 0.3 is 0 Å². The Kier molecular flexibility index (Phi) is 5.93. The highest BCUT2D eigenvalue weighted by Crippen LogP contribution is 2.36. The van der Waals surface area contributed by atoms with Crippen LogP contribution in [-0.4, -0.2) is 36.0 Å². The second-order valence-corrected chi connectivity index (χ2v) is 11.5. The van der Waals surface area contributed by atoms with E-state index in [1.165, 1.54) is 16.2 Å². The van der Waals surface area contributed by atoms with Crippen LogP contribution in [0, 0.1) is 12.8 Å². The smallest absolute Gasteiger partial charge is 0.227 e. The van der Waals surface area contributed by atoms with Crippen LogP contribution in [0.2, 0.25) is 0 Å². The van der Waals surface area contributed by atoms with Gasteiger partial charge in [0.05, 0.1) is 28.8 Å². The molecule has 194 valence electrons. The van der Waals surface area contributed by atoms with Gasteiger partial charge in [-0.2, -0.15) is 5.10 Å². The van der Waals surface area contributed by atoms with Gasteiger partial charge in [-0.05, 0) is 62.2 Å². The van der Waals surface area contributed by atoms with Crippen molar-refractivity contribution < 1.29 is 4.79 Å². The van der Waals surface area contributed by atoms with Crippen molar-refractivity contribution in [2.75, 3.05) is 5.32 Å². The number of hydrogen-bond donors (Lipinski definition) is 3. The number of thiophene rings is 1. The summed E-state index contributed by atoms with van der Waals surface area (Å²) in [5, 5.41) is 11.8. The molecule has 0 spiro atoms. The summed E-state index contributed by atoms with van der Waals surface area (Å²) in [6, 6.07) is 14.3. The predicted molar refractivity (Wildman–Crippen MR) is 155 cm³/mol. The fourth-order valence-electron chi connectivity index (χ4n) is 5.45. The lowest BCUT2D eigenvalue weighted by Crippen LogP contribution is -2.24. The van der Waals surface area contributed by atoms with Gasteiger partial charge in [-0.15, -0.1) is 11.3 Å². The summed E-state index contributed by atoms with van der Waals surface area (Å²) in [4.78, 5) is 32.6. The molecule has 0 aliphatic heterocycles. The number of fused-ring (bicyclic) bond motifs is 2. The number of hydrogen-bond acceptors (Lipinski definition) is 6. The summed E-state index contributed by atoms with van der Waals surface area (Å²) in [7, 11) is 0. The Morgan fingerprint density at radius 2 is 1.95 bits per heavy atom. The summed E-state index contributed by atoms with van der Waals surface area (Å²) < 4.78 is 0. The Morgan fingerprint density at radius 3 is 2.79 bits per heavy atom. The molecule has 0 radical (unpaired) electrons. The summed E-state index contributed by atoms with van der Waals surface area (Å²) in [5.74, 6) is 0.166. The van der Waals surface area contributed by atoms with E-state index in [9.17, 15) is 4.79 Å². The van der Waals surface area contributed by atoms with Crippen LogP contribution >= 0.6 is 11.3 Å². The van der Waals surface area contributed by atoms with E-state index in [2.05, 4.69) is 61.7 Å². The molecule has 6 heterocycles. The first-order chi connectivity index (χ1) is 19.1. The number of nitrogens with zero attached hydrogens (tertiary/aromatic N) is 4. The monoisotopic (exact) mass is 533 g/mol. The van der Waals surface area contributed by atoms with Crippen molar-refractivity contribution >= 4 is 45.0 Å². The van der Waals surface area contributed by atoms with E-state index in [1.54, 1.807) is 23.7 Å². The van der Waals surface area contributed by atoms with Crippen molar-refractivity contribution in [3.8, 4) is 33.1 Å². The van der Waals surface area contributed by atoms with Gasteiger partial charge in [-0.25, -0.2) is 9.97 Å². The molecule has 9 heteroatoms. The quantitative estimate of drug-likeness (QED) is 0.218. The van der Waals surface area contributed by atoms with Gasteiger partial charge in [0.1, 0.15) is 16.9 Å². The molecule has 6 aromatic rings. The number of pyridine rings is 3. The third-order valence-corrected chi connectivity index (χ3v) is 8.51. The van der Waals surface area contributed by atoms with Gasteiger partial charge < -0.3 is 10.3 Å². The minimum Gasteiger partial charge on any atom is -0.338 e. The first kappa shape index (κ1) is 23.7. The van der Waals surface area contributed by atoms with Crippen LogP contribution in [0.25, 0.3) is 55.2 Å². The molecule has 6 aromatic heterocycles. The second-order valence-electron chi connectivity index (χ2n) is 10.2. The zero-order valence-electron chi connectivity index (χ0n) is 21.5. The number of rotatable bonds is 5. The molecule has 1 aliphatic carbocycles. The topological polar surface area (TPSA) is 112 Å². The third kappa shape index (κ3) is 4.48. The van der Waals surface area contributed by atoms with Gasteiger partial charge in [-0.3, -0.25) is 14.9 Å². The van der Waals surface area contributed by atoms with Crippen molar-refractivity contribution in [3.05, 3.63) is 65.9 Å². The fraction of sp³-hybridized carbons (Fsp3) is 0.233. The van der Waals surface area contributed by atoms with Gasteiger partial charge in [0.2, 0.25) is 5.91 Å². The largest absolute Gasteiger partial charge is 0.338 e. The summed E-state index contributed by atoms with van der Waals surface area (Å²) in [5.41, 5.74) is 7.41. The van der Waals surface area contributed by atoms with E-state index in [1.807, 2.05) is 24.4 Å². The molecule has 0 aromatic carbocycles. The molecule has 1 aliphatic rings. The SMILES string of the molecule is Cc1ccc(-c2ccnc3[nH]c(-c4n[nH]c5ccc(-c6cncc(NC(=O)C7CCCCC7)c6)nc45)cc23)s1. The number of aryl methyl sites for hydroxylation is 1. The van der Waals surface area contributed by atoms with Gasteiger partial charge in [-0.1, -0.05) is 19.3 Å². The van der Waals surface area contributed by atoms with E-state index in [-0.39, 0.29) is 11.8 Å². The fourth-order valence-corrected chi connectivity index (χ4v) is 6.36. The summed E-state index contributed by atoms with van der Waals surface area (Å²) >= 11 is 1.77. The summed E-state index contributed by atoms with van der Waals surface area (Å²) in [6.45, 7) is 2.12. The number of anilines is 1. The van der Waals surface area contributed by atoms with E-state index >= 15 is 0 Å². The maximum atomic E-state index is 12.8. The lowest BCUT2D eigenvalue weighted by molar-refractivity contribution is -0.120. The van der Waals surface area contributed by atoms with Crippen LogP contribution in [0.1, 0.15) is 37.0 Å². The maximum absolute atomic E-state index is 12.8. The van der Waals surface area contributed by atoms with Crippen molar-refractivity contribution in [2.45, 2.75) is 39.0 Å². The molecule has 7 rings (SSSR count). The third-order valence-electron chi connectivity index (χ3n) is 7.48. The Balaban J connectivity index is 1.22. The average molecular weight is 534 g/mol. The van der Waals surface area contributed by atoms with E-state index in [0.717, 1.165) is 76.0 Å². The zero-order chi connectivity index (χ0) is 26.3. The molecule has 8 nitrogen and oxygen atoms in total. The zero-order valence-corrected chi connectivity index (χ0v) is 22.3. The van der Waals surface area contributed by atoms with Crippen LogP contribution in [-0.2, 0) is 4.79 Å². The predicted octanol–water partition coefficient (Wildman–Crippen LogP) is 7.12. The molecule has 0 bridgehead atoms. The van der Waals surface area contributed by atoms with Crippen LogP contribution in [0.15, 0.2) is 61.1 Å². The van der Waals surface area contributed by atoms with Crippen molar-refractivity contribution in [1.29, 1.82) is 0 Å². The number of aromatic nitrogens is 6. The molecule has 1 saturated carbocycles. The van der Waals surface area contributed by atoms with Crippen LogP contribution in [0.4, 0.5) is 5.69 Å². The number of H-pyrrole nitrogens is 2. The highest BCUT2D eigenvalue weighted by atomic mass is 32.1. The van der Waals surface area contributed by atoms with Gasteiger partial charge in [0.15, 0.2) is 0 Å². The van der Waals surface area contributed by atoms with Crippen LogP contribution < -0.4 is 5.32 Å². The second kappa shape index (κ2) is 9.74. The molecular weight excluding hydrogens is 506 g/mol. The Morgan fingerprint density at radius 1 is 1.05 bits per heavy atom. The van der Waals surface area contributed by atoms with Crippen LogP contribution in [0.5, 0.6) is 0 Å². The van der Waals surface area contributed by atoms with Gasteiger partial charge in [0, 0.05) is 44.6 Å². The van der Waals surface area contributed by atoms with Crippen molar-refractivity contribution in [2.24, 2.45) is 5.92 Å². The molecule has 0 saturated heterocycles. The highest BCUT2D eigenvalue weighted by molar-refractivity contribution is 7.15. The molecular formula is C30H27N7OS. The molecule has 0 atom stereocenters. The highest BCUT2D eigenvalue weighted by Gasteiger charge is 2.21. The Hall–Kier alpha value is -4.37. The first-order valence-corrected chi connectivity index (χ1v) is 14.1. The number of carbonyl (C=O) groups is 1. The van der Waals surface area contributed by atoms with E-state index < -0.39 is 0 Å². The number of aromatic amines is 2. The minimum atomic E-state index is 0.0821. The molecule has 1 amide bonds. The average Bonchev–Trinajstić information content (AvgIpc) is 3.71.